The molecule has 0 radical (unpaired) electrons. The molecule has 3 aromatic carbocycles. The summed E-state index contributed by atoms with van der Waals surface area (Å²) >= 11 is 0. The number of unbranched alkanes of at least 4 members (excludes halogenated alkanes) is 1. The van der Waals surface area contributed by atoms with Crippen molar-refractivity contribution >= 4 is 27.5 Å². The number of amides is 2. The van der Waals surface area contributed by atoms with Crippen LogP contribution in [0.2, 0.25) is 0 Å². The predicted octanol–water partition coefficient (Wildman–Crippen LogP) is 5.24. The van der Waals surface area contributed by atoms with Gasteiger partial charge in [0, 0.05) is 32.5 Å². The SMILES string of the molecule is CCCCNC(=O)[C@H](Cc1ccccc1)N(Cc1ccc(F)cc1)C(=O)CCCN(c1ccc(C)cc1)S(C)(=O)=O. The van der Waals surface area contributed by atoms with Crippen molar-refractivity contribution in [3.8, 4) is 0 Å². The Balaban J connectivity index is 1.86. The van der Waals surface area contributed by atoms with Crippen molar-refractivity contribution in [3.05, 3.63) is 101 Å². The van der Waals surface area contributed by atoms with Crippen molar-refractivity contribution in [1.82, 2.24) is 10.2 Å². The number of benzene rings is 3. The number of nitrogens with zero attached hydrogens (tertiary/aromatic N) is 2. The lowest BCUT2D eigenvalue weighted by atomic mass is 10.0. The Morgan fingerprint density at radius 2 is 1.56 bits per heavy atom. The number of aryl methyl sites for hydroxylation is 1. The first-order chi connectivity index (χ1) is 19.6. The van der Waals surface area contributed by atoms with E-state index in [1.165, 1.54) is 21.3 Å². The molecule has 0 aromatic heterocycles. The van der Waals surface area contributed by atoms with Crippen molar-refractivity contribution in [1.29, 1.82) is 0 Å². The molecule has 9 heteroatoms. The summed E-state index contributed by atoms with van der Waals surface area (Å²) in [6.45, 7) is 4.69. The molecule has 0 aliphatic rings. The van der Waals surface area contributed by atoms with Gasteiger partial charge in [-0.25, -0.2) is 12.8 Å². The third kappa shape index (κ3) is 10.0. The number of hydrogen-bond donors (Lipinski definition) is 1. The second-order valence-electron chi connectivity index (χ2n) is 10.3. The van der Waals surface area contributed by atoms with Crippen molar-refractivity contribution in [2.75, 3.05) is 23.7 Å². The van der Waals surface area contributed by atoms with Gasteiger partial charge < -0.3 is 10.2 Å². The van der Waals surface area contributed by atoms with E-state index >= 15 is 0 Å². The number of anilines is 1. The summed E-state index contributed by atoms with van der Waals surface area (Å²) in [5.41, 5.74) is 3.14. The molecule has 0 spiro atoms. The van der Waals surface area contributed by atoms with Crippen LogP contribution in [0.5, 0.6) is 0 Å². The molecule has 0 bridgehead atoms. The minimum Gasteiger partial charge on any atom is -0.354 e. The van der Waals surface area contributed by atoms with Crippen LogP contribution in [0.1, 0.15) is 49.3 Å². The van der Waals surface area contributed by atoms with E-state index in [9.17, 15) is 22.4 Å². The van der Waals surface area contributed by atoms with E-state index in [-0.39, 0.29) is 43.6 Å². The van der Waals surface area contributed by atoms with E-state index in [4.69, 9.17) is 0 Å². The zero-order valence-electron chi connectivity index (χ0n) is 24.1. The van der Waals surface area contributed by atoms with Gasteiger partial charge >= 0.3 is 0 Å². The Labute approximate surface area is 243 Å². The van der Waals surface area contributed by atoms with E-state index in [1.54, 1.807) is 24.3 Å². The van der Waals surface area contributed by atoms with Crippen LogP contribution in [-0.2, 0) is 32.6 Å². The van der Waals surface area contributed by atoms with E-state index in [0.717, 1.165) is 30.2 Å². The Bertz CT molecular complexity index is 1360. The van der Waals surface area contributed by atoms with Crippen LogP contribution >= 0.6 is 0 Å². The molecule has 41 heavy (non-hydrogen) atoms. The molecule has 0 saturated carbocycles. The van der Waals surface area contributed by atoms with Gasteiger partial charge in [-0.05, 0) is 55.2 Å². The standard InChI is InChI=1S/C32H40FN3O4S/c1-4-5-21-34-32(38)30(23-26-10-7-6-8-11-26)35(24-27-15-17-28(33)18-16-27)31(37)12-9-22-36(41(3,39)40)29-19-13-25(2)14-20-29/h6-8,10-11,13-20,30H,4-5,9,12,21-24H2,1-3H3,(H,34,38)/t30-/m0/s1. The summed E-state index contributed by atoms with van der Waals surface area (Å²) < 4.78 is 40.1. The molecule has 0 saturated heterocycles. The average Bonchev–Trinajstić information content (AvgIpc) is 2.94. The maximum absolute atomic E-state index is 13.8. The lowest BCUT2D eigenvalue weighted by Gasteiger charge is -2.32. The van der Waals surface area contributed by atoms with Gasteiger partial charge in [0.1, 0.15) is 11.9 Å². The smallest absolute Gasteiger partial charge is 0.243 e. The highest BCUT2D eigenvalue weighted by Crippen LogP contribution is 2.21. The first-order valence-corrected chi connectivity index (χ1v) is 15.8. The topological polar surface area (TPSA) is 86.8 Å². The third-order valence-corrected chi connectivity index (χ3v) is 8.04. The van der Waals surface area contributed by atoms with Gasteiger partial charge in [0.25, 0.3) is 0 Å². The summed E-state index contributed by atoms with van der Waals surface area (Å²) in [5.74, 6) is -0.921. The number of sulfonamides is 1. The van der Waals surface area contributed by atoms with Gasteiger partial charge in [-0.3, -0.25) is 13.9 Å². The second kappa shape index (κ2) is 15.3. The zero-order valence-corrected chi connectivity index (χ0v) is 24.9. The molecule has 0 aliphatic carbocycles. The van der Waals surface area contributed by atoms with Gasteiger partial charge in [0.15, 0.2) is 0 Å². The molecule has 220 valence electrons. The summed E-state index contributed by atoms with van der Waals surface area (Å²) in [6, 6.07) is 21.7. The van der Waals surface area contributed by atoms with Gasteiger partial charge in [0.05, 0.1) is 11.9 Å². The zero-order chi connectivity index (χ0) is 29.8. The fourth-order valence-electron chi connectivity index (χ4n) is 4.56. The van der Waals surface area contributed by atoms with Crippen molar-refractivity contribution in [2.45, 2.75) is 58.5 Å². The maximum Gasteiger partial charge on any atom is 0.243 e. The Kier molecular flexibility index (Phi) is 11.9. The number of nitrogens with one attached hydrogen (secondary N) is 1. The minimum atomic E-state index is -3.58. The molecule has 2 amide bonds. The highest BCUT2D eigenvalue weighted by molar-refractivity contribution is 7.92. The van der Waals surface area contributed by atoms with Gasteiger partial charge in [-0.2, -0.15) is 0 Å². The predicted molar refractivity (Wildman–Crippen MR) is 161 cm³/mol. The van der Waals surface area contributed by atoms with E-state index in [0.29, 0.717) is 24.2 Å². The van der Waals surface area contributed by atoms with Crippen LogP contribution < -0.4 is 9.62 Å². The van der Waals surface area contributed by atoms with Gasteiger partial charge in [0.2, 0.25) is 21.8 Å². The highest BCUT2D eigenvalue weighted by atomic mass is 32.2. The molecule has 0 fully saturated rings. The second-order valence-corrected chi connectivity index (χ2v) is 12.2. The molecule has 3 aromatic rings. The molecular weight excluding hydrogens is 541 g/mol. The summed E-state index contributed by atoms with van der Waals surface area (Å²) in [7, 11) is -3.58. The Morgan fingerprint density at radius 1 is 0.902 bits per heavy atom. The van der Waals surface area contributed by atoms with Crippen molar-refractivity contribution in [3.63, 3.8) is 0 Å². The summed E-state index contributed by atoms with van der Waals surface area (Å²) in [5, 5.41) is 2.97. The molecule has 0 unspecified atom stereocenters. The van der Waals surface area contributed by atoms with Crippen LogP contribution in [-0.4, -0.2) is 50.5 Å². The monoisotopic (exact) mass is 581 g/mol. The van der Waals surface area contributed by atoms with Crippen LogP contribution in [0.25, 0.3) is 0 Å². The molecule has 0 heterocycles. The molecule has 1 N–H and O–H groups in total. The molecule has 7 nitrogen and oxygen atoms in total. The van der Waals surface area contributed by atoms with Crippen LogP contribution in [0, 0.1) is 12.7 Å². The molecular formula is C32H40FN3O4S. The summed E-state index contributed by atoms with van der Waals surface area (Å²) in [6.07, 6.45) is 3.48. The Morgan fingerprint density at radius 3 is 2.17 bits per heavy atom. The highest BCUT2D eigenvalue weighted by Gasteiger charge is 2.30. The lowest BCUT2D eigenvalue weighted by Crippen LogP contribution is -2.50. The van der Waals surface area contributed by atoms with E-state index in [2.05, 4.69) is 5.32 Å². The van der Waals surface area contributed by atoms with Crippen molar-refractivity contribution in [2.24, 2.45) is 0 Å². The van der Waals surface area contributed by atoms with Crippen LogP contribution in [0.4, 0.5) is 10.1 Å². The third-order valence-electron chi connectivity index (χ3n) is 6.84. The largest absolute Gasteiger partial charge is 0.354 e. The van der Waals surface area contributed by atoms with E-state index in [1.807, 2.05) is 56.3 Å². The first-order valence-electron chi connectivity index (χ1n) is 14.0. The Hall–Kier alpha value is -3.72. The van der Waals surface area contributed by atoms with Crippen LogP contribution in [0.3, 0.4) is 0 Å². The molecule has 3 rings (SSSR count). The van der Waals surface area contributed by atoms with E-state index < -0.39 is 16.1 Å². The van der Waals surface area contributed by atoms with Gasteiger partial charge in [-0.15, -0.1) is 0 Å². The summed E-state index contributed by atoms with van der Waals surface area (Å²) in [4.78, 5) is 28.8. The fraction of sp³-hybridized carbons (Fsp3) is 0.375. The number of carbonyl (C=O) groups is 2. The molecule has 1 atom stereocenters. The minimum absolute atomic E-state index is 0.0343. The number of halogens is 1. The number of carbonyl (C=O) groups excluding carboxylic acids is 2. The lowest BCUT2D eigenvalue weighted by molar-refractivity contribution is -0.141. The number of hydrogen-bond acceptors (Lipinski definition) is 4. The first kappa shape index (κ1) is 31.8. The normalized spacial score (nSPS) is 12.0. The van der Waals surface area contributed by atoms with Crippen molar-refractivity contribution < 1.29 is 22.4 Å². The van der Waals surface area contributed by atoms with Gasteiger partial charge in [-0.1, -0.05) is 73.5 Å². The maximum atomic E-state index is 13.8. The quantitative estimate of drug-likeness (QED) is 0.249. The fourth-order valence-corrected chi connectivity index (χ4v) is 5.53. The number of rotatable bonds is 15. The molecule has 0 aliphatic heterocycles. The average molecular weight is 582 g/mol. The van der Waals surface area contributed by atoms with Crippen LogP contribution in [0.15, 0.2) is 78.9 Å².